The quantitative estimate of drug-likeness (QED) is 0.662. The fraction of sp³-hybridized carbons (Fsp3) is 0.263. The number of carbonyl (C=O) groups excluding carboxylic acids is 1. The molecule has 0 saturated heterocycles. The van der Waals surface area contributed by atoms with Crippen molar-refractivity contribution in [2.24, 2.45) is 4.99 Å². The van der Waals surface area contributed by atoms with E-state index in [1.165, 1.54) is 47.7 Å². The predicted molar refractivity (Wildman–Crippen MR) is 104 cm³/mol. The topological polar surface area (TPSA) is 68.5 Å². The average molecular weight is 407 g/mol. The molecule has 3 aromatic rings. The summed E-state index contributed by atoms with van der Waals surface area (Å²) in [4.78, 5) is 17.3. The summed E-state index contributed by atoms with van der Waals surface area (Å²) in [5.74, 6) is -0.815. The van der Waals surface area contributed by atoms with Gasteiger partial charge in [0.25, 0.3) is 5.91 Å². The molecule has 0 unspecified atom stereocenters. The first kappa shape index (κ1) is 19.4. The number of rotatable bonds is 4. The smallest absolute Gasteiger partial charge is 0.279 e. The lowest BCUT2D eigenvalue weighted by Crippen LogP contribution is -2.16. The van der Waals surface area contributed by atoms with Gasteiger partial charge in [0, 0.05) is 12.1 Å². The van der Waals surface area contributed by atoms with Gasteiger partial charge in [0.2, 0.25) is 0 Å². The Morgan fingerprint density at radius 1 is 1.19 bits per heavy atom. The molecule has 1 amide bonds. The van der Waals surface area contributed by atoms with Crippen LogP contribution in [0.2, 0.25) is 0 Å². The average Bonchev–Trinajstić information content (AvgIpc) is 2.97. The van der Waals surface area contributed by atoms with Gasteiger partial charge in [-0.05, 0) is 63.2 Å². The number of nitrogens with zero attached hydrogens (tertiary/aromatic N) is 2. The minimum absolute atomic E-state index is 0.176. The van der Waals surface area contributed by atoms with E-state index in [1.54, 1.807) is 19.9 Å². The first-order valence-corrected chi connectivity index (χ1v) is 10.8. The molecule has 2 aromatic carbocycles. The van der Waals surface area contributed by atoms with Crippen molar-refractivity contribution in [1.82, 2.24) is 4.57 Å². The van der Waals surface area contributed by atoms with Crippen molar-refractivity contribution in [1.29, 1.82) is 0 Å². The number of sulfone groups is 1. The SMILES string of the molecule is CCn1c(=NC(=O)c2ccc(S(=O)(=O)C(C)C)cc2)sc2cc(F)ccc21. The summed E-state index contributed by atoms with van der Waals surface area (Å²) in [7, 11) is -3.39. The van der Waals surface area contributed by atoms with Crippen molar-refractivity contribution in [3.63, 3.8) is 0 Å². The van der Waals surface area contributed by atoms with Gasteiger partial charge in [0.15, 0.2) is 14.6 Å². The highest BCUT2D eigenvalue weighted by Gasteiger charge is 2.19. The highest BCUT2D eigenvalue weighted by Crippen LogP contribution is 2.19. The fourth-order valence-electron chi connectivity index (χ4n) is 2.65. The molecule has 0 fully saturated rings. The standard InChI is InChI=1S/C19H19FN2O3S2/c1-4-22-16-10-7-14(20)11-17(16)26-19(22)21-18(23)13-5-8-15(9-6-13)27(24,25)12(2)3/h5-12H,4H2,1-3H3. The van der Waals surface area contributed by atoms with Crippen molar-refractivity contribution >= 4 is 37.3 Å². The van der Waals surface area contributed by atoms with E-state index in [2.05, 4.69) is 4.99 Å². The van der Waals surface area contributed by atoms with Gasteiger partial charge in [-0.25, -0.2) is 12.8 Å². The second kappa shape index (κ2) is 7.36. The van der Waals surface area contributed by atoms with Crippen molar-refractivity contribution in [3.05, 3.63) is 58.6 Å². The summed E-state index contributed by atoms with van der Waals surface area (Å²) in [6, 6.07) is 10.2. The highest BCUT2D eigenvalue weighted by molar-refractivity contribution is 7.92. The highest BCUT2D eigenvalue weighted by atomic mass is 32.2. The maximum absolute atomic E-state index is 13.5. The summed E-state index contributed by atoms with van der Waals surface area (Å²) >= 11 is 1.24. The molecule has 1 heterocycles. The summed E-state index contributed by atoms with van der Waals surface area (Å²) < 4.78 is 40.4. The number of fused-ring (bicyclic) bond motifs is 1. The van der Waals surface area contributed by atoms with Crippen molar-refractivity contribution in [2.75, 3.05) is 0 Å². The molecule has 0 aliphatic carbocycles. The zero-order valence-corrected chi connectivity index (χ0v) is 16.8. The molecule has 0 spiro atoms. The third-order valence-corrected chi connectivity index (χ3v) is 7.42. The molecular formula is C19H19FN2O3S2. The molecule has 0 N–H and O–H groups in total. The van der Waals surface area contributed by atoms with Gasteiger partial charge >= 0.3 is 0 Å². The van der Waals surface area contributed by atoms with E-state index in [0.717, 1.165) is 5.52 Å². The van der Waals surface area contributed by atoms with Gasteiger partial charge in [0.05, 0.1) is 20.4 Å². The van der Waals surface area contributed by atoms with E-state index in [0.29, 0.717) is 21.6 Å². The van der Waals surface area contributed by atoms with Gasteiger partial charge in [-0.2, -0.15) is 4.99 Å². The van der Waals surface area contributed by atoms with Crippen LogP contribution in [0.5, 0.6) is 0 Å². The van der Waals surface area contributed by atoms with Gasteiger partial charge in [0.1, 0.15) is 5.82 Å². The number of halogens is 1. The fourth-order valence-corrected chi connectivity index (χ4v) is 4.83. The molecule has 27 heavy (non-hydrogen) atoms. The number of hydrogen-bond donors (Lipinski definition) is 0. The maximum atomic E-state index is 13.5. The molecule has 0 aliphatic rings. The summed E-state index contributed by atoms with van der Waals surface area (Å²) in [6.45, 7) is 5.73. The molecule has 0 aliphatic heterocycles. The zero-order chi connectivity index (χ0) is 19.8. The van der Waals surface area contributed by atoms with Crippen LogP contribution < -0.4 is 4.80 Å². The Kier molecular flexibility index (Phi) is 5.30. The van der Waals surface area contributed by atoms with Gasteiger partial charge in [-0.3, -0.25) is 4.79 Å². The van der Waals surface area contributed by atoms with Crippen LogP contribution in [0, 0.1) is 5.82 Å². The van der Waals surface area contributed by atoms with Crippen LogP contribution in [0.3, 0.4) is 0 Å². The van der Waals surface area contributed by atoms with Crippen molar-refractivity contribution < 1.29 is 17.6 Å². The Morgan fingerprint density at radius 2 is 1.85 bits per heavy atom. The summed E-state index contributed by atoms with van der Waals surface area (Å²) in [6.07, 6.45) is 0. The number of aromatic nitrogens is 1. The Morgan fingerprint density at radius 3 is 2.44 bits per heavy atom. The lowest BCUT2D eigenvalue weighted by molar-refractivity contribution is 0.0997. The van der Waals surface area contributed by atoms with Gasteiger partial charge in [-0.1, -0.05) is 11.3 Å². The van der Waals surface area contributed by atoms with Gasteiger partial charge in [-0.15, -0.1) is 0 Å². The van der Waals surface area contributed by atoms with Crippen LogP contribution in [0.4, 0.5) is 4.39 Å². The number of thiazole rings is 1. The number of amides is 1. The molecule has 0 radical (unpaired) electrons. The minimum Gasteiger partial charge on any atom is -0.317 e. The van der Waals surface area contributed by atoms with E-state index in [1.807, 2.05) is 11.5 Å². The first-order chi connectivity index (χ1) is 12.7. The Bertz CT molecular complexity index is 1170. The molecular weight excluding hydrogens is 387 g/mol. The predicted octanol–water partition coefficient (Wildman–Crippen LogP) is 3.79. The normalized spacial score (nSPS) is 12.9. The molecule has 3 rings (SSSR count). The number of carbonyl (C=O) groups is 1. The molecule has 0 atom stereocenters. The third kappa shape index (κ3) is 3.72. The second-order valence-electron chi connectivity index (χ2n) is 6.28. The van der Waals surface area contributed by atoms with Gasteiger partial charge < -0.3 is 4.57 Å². The van der Waals surface area contributed by atoms with Crippen LogP contribution >= 0.6 is 11.3 Å². The van der Waals surface area contributed by atoms with E-state index >= 15 is 0 Å². The molecule has 8 heteroatoms. The third-order valence-electron chi connectivity index (χ3n) is 4.21. The maximum Gasteiger partial charge on any atom is 0.279 e. The number of aryl methyl sites for hydroxylation is 1. The molecule has 1 aromatic heterocycles. The molecule has 0 saturated carbocycles. The molecule has 5 nitrogen and oxygen atoms in total. The molecule has 0 bridgehead atoms. The largest absolute Gasteiger partial charge is 0.317 e. The van der Waals surface area contributed by atoms with Crippen molar-refractivity contribution in [2.45, 2.75) is 37.5 Å². The zero-order valence-electron chi connectivity index (χ0n) is 15.1. The summed E-state index contributed by atoms with van der Waals surface area (Å²) in [5, 5.41) is -0.536. The van der Waals surface area contributed by atoms with Crippen LogP contribution in [-0.4, -0.2) is 24.1 Å². The van der Waals surface area contributed by atoms with Crippen LogP contribution in [0.1, 0.15) is 31.1 Å². The van der Waals surface area contributed by atoms with E-state index in [4.69, 9.17) is 0 Å². The van der Waals surface area contributed by atoms with Crippen LogP contribution in [0.25, 0.3) is 10.2 Å². The Hall–Kier alpha value is -2.32. The van der Waals surface area contributed by atoms with Crippen LogP contribution in [0.15, 0.2) is 52.4 Å². The summed E-state index contributed by atoms with van der Waals surface area (Å²) in [5.41, 5.74) is 1.11. The number of hydrogen-bond acceptors (Lipinski definition) is 4. The second-order valence-corrected chi connectivity index (χ2v) is 9.79. The first-order valence-electron chi connectivity index (χ1n) is 8.46. The lowest BCUT2D eigenvalue weighted by Gasteiger charge is -2.07. The van der Waals surface area contributed by atoms with Crippen LogP contribution in [-0.2, 0) is 16.4 Å². The van der Waals surface area contributed by atoms with E-state index in [-0.39, 0.29) is 10.7 Å². The van der Waals surface area contributed by atoms with Crippen molar-refractivity contribution in [3.8, 4) is 0 Å². The number of benzene rings is 2. The minimum atomic E-state index is -3.39. The van der Waals surface area contributed by atoms with E-state index in [9.17, 15) is 17.6 Å². The molecule has 142 valence electrons. The monoisotopic (exact) mass is 406 g/mol. The van der Waals surface area contributed by atoms with E-state index < -0.39 is 21.0 Å². The Labute approximate surface area is 160 Å². The lowest BCUT2D eigenvalue weighted by atomic mass is 10.2. The Balaban J connectivity index is 2.01.